The molecule has 2 heterocycles. The van der Waals surface area contributed by atoms with Crippen LogP contribution in [0.2, 0.25) is 0 Å². The van der Waals surface area contributed by atoms with Gasteiger partial charge in [-0.2, -0.15) is 4.31 Å². The van der Waals surface area contributed by atoms with Crippen molar-refractivity contribution in [1.29, 1.82) is 0 Å². The summed E-state index contributed by atoms with van der Waals surface area (Å²) >= 11 is 0. The fourth-order valence-electron chi connectivity index (χ4n) is 3.92. The monoisotopic (exact) mass is 485 g/mol. The summed E-state index contributed by atoms with van der Waals surface area (Å²) in [6, 6.07) is 8.39. The summed E-state index contributed by atoms with van der Waals surface area (Å²) in [5.74, 6) is 6.61. The summed E-state index contributed by atoms with van der Waals surface area (Å²) in [5.41, 5.74) is 1.80. The van der Waals surface area contributed by atoms with E-state index in [4.69, 9.17) is 4.74 Å². The van der Waals surface area contributed by atoms with Gasteiger partial charge in [0.1, 0.15) is 16.7 Å². The number of hydrogen-bond acceptors (Lipinski definition) is 6. The Labute approximate surface area is 203 Å². The molecule has 1 N–H and O–H groups in total. The van der Waals surface area contributed by atoms with Gasteiger partial charge in [-0.25, -0.2) is 8.42 Å². The quantitative estimate of drug-likeness (QED) is 0.634. The van der Waals surface area contributed by atoms with Crippen LogP contribution in [-0.2, 0) is 16.6 Å². The highest BCUT2D eigenvalue weighted by atomic mass is 32.2. The maximum atomic E-state index is 13.6. The fourth-order valence-corrected chi connectivity index (χ4v) is 5.75. The third-order valence-electron chi connectivity index (χ3n) is 5.84. The van der Waals surface area contributed by atoms with Crippen LogP contribution in [0.3, 0.4) is 0 Å². The van der Waals surface area contributed by atoms with E-state index in [1.165, 1.54) is 4.31 Å². The van der Waals surface area contributed by atoms with Gasteiger partial charge in [-0.3, -0.25) is 9.88 Å². The highest BCUT2D eigenvalue weighted by Gasteiger charge is 2.38. The topological polar surface area (TPSA) is 83.0 Å². The number of rotatable bonds is 6. The lowest BCUT2D eigenvalue weighted by molar-refractivity contribution is 0.0733. The largest absolute Gasteiger partial charge is 0.487 e. The molecule has 1 aromatic heterocycles. The van der Waals surface area contributed by atoms with Gasteiger partial charge in [-0.15, -0.1) is 0 Å². The predicted octanol–water partition coefficient (Wildman–Crippen LogP) is 2.99. The smallest absolute Gasteiger partial charge is 0.247 e. The number of aromatic nitrogens is 1. The van der Waals surface area contributed by atoms with Gasteiger partial charge in [-0.05, 0) is 43.8 Å². The second-order valence-electron chi connectivity index (χ2n) is 9.38. The minimum absolute atomic E-state index is 0.106. The Kier molecular flexibility index (Phi) is 8.72. The molecule has 7 nitrogen and oxygen atoms in total. The van der Waals surface area contributed by atoms with Crippen molar-refractivity contribution in [2.24, 2.45) is 11.8 Å². The molecule has 184 valence electrons. The Morgan fingerprint density at radius 1 is 1.29 bits per heavy atom. The van der Waals surface area contributed by atoms with E-state index in [-0.39, 0.29) is 36.0 Å². The van der Waals surface area contributed by atoms with Crippen molar-refractivity contribution in [1.82, 2.24) is 14.2 Å². The van der Waals surface area contributed by atoms with Crippen molar-refractivity contribution < 1.29 is 18.3 Å². The zero-order valence-corrected chi connectivity index (χ0v) is 21.4. The molecule has 34 heavy (non-hydrogen) atoms. The van der Waals surface area contributed by atoms with Crippen LogP contribution in [0.4, 0.5) is 0 Å². The second kappa shape index (κ2) is 11.3. The van der Waals surface area contributed by atoms with Crippen LogP contribution in [-0.4, -0.2) is 66.6 Å². The van der Waals surface area contributed by atoms with Crippen molar-refractivity contribution in [2.45, 2.75) is 51.3 Å². The first kappa shape index (κ1) is 26.2. The summed E-state index contributed by atoms with van der Waals surface area (Å²) in [6.45, 7) is 9.01. The van der Waals surface area contributed by atoms with Crippen molar-refractivity contribution in [2.75, 3.05) is 26.7 Å². The zero-order valence-electron chi connectivity index (χ0n) is 20.6. The van der Waals surface area contributed by atoms with E-state index in [0.717, 1.165) is 5.56 Å². The molecular weight excluding hydrogens is 450 g/mol. The number of benzene rings is 1. The molecule has 3 rings (SSSR count). The highest BCUT2D eigenvalue weighted by Crippen LogP contribution is 2.34. The van der Waals surface area contributed by atoms with E-state index >= 15 is 0 Å². The number of sulfonamides is 1. The molecule has 1 aliphatic heterocycles. The number of pyridine rings is 1. The Hall–Kier alpha value is -2.44. The van der Waals surface area contributed by atoms with Crippen molar-refractivity contribution in [3.8, 4) is 17.6 Å². The molecule has 0 unspecified atom stereocenters. The van der Waals surface area contributed by atoms with Gasteiger partial charge in [0.2, 0.25) is 10.0 Å². The maximum absolute atomic E-state index is 13.6. The van der Waals surface area contributed by atoms with Gasteiger partial charge in [0.05, 0.1) is 6.61 Å². The molecule has 0 fully saturated rings. The van der Waals surface area contributed by atoms with Crippen molar-refractivity contribution in [3.63, 3.8) is 0 Å². The Morgan fingerprint density at radius 3 is 2.71 bits per heavy atom. The van der Waals surface area contributed by atoms with E-state index in [2.05, 4.69) is 21.7 Å². The van der Waals surface area contributed by atoms with Gasteiger partial charge in [-0.1, -0.05) is 38.7 Å². The SMILES string of the molecule is CC(C)C#Cc1ccc2c(c1)O[C@H](CN(C)Cc1cccnc1)[C@@H](C)CN([C@H](C)CO)S2(=O)=O. The number of fused-ring (bicyclic) bond motifs is 1. The van der Waals surface area contributed by atoms with E-state index in [0.29, 0.717) is 24.4 Å². The number of hydrogen-bond donors (Lipinski definition) is 1. The molecular formula is C26H35N3O4S. The maximum Gasteiger partial charge on any atom is 0.247 e. The van der Waals surface area contributed by atoms with Gasteiger partial charge in [0.25, 0.3) is 0 Å². The molecule has 0 saturated heterocycles. The summed E-state index contributed by atoms with van der Waals surface area (Å²) in [7, 11) is -1.85. The van der Waals surface area contributed by atoms with Gasteiger partial charge >= 0.3 is 0 Å². The number of likely N-dealkylation sites (N-methyl/N-ethyl adjacent to an activating group) is 1. The van der Waals surface area contributed by atoms with E-state index in [1.807, 2.05) is 46.1 Å². The molecule has 8 heteroatoms. The second-order valence-corrected chi connectivity index (χ2v) is 11.2. The van der Waals surface area contributed by atoms with Gasteiger partial charge < -0.3 is 9.84 Å². The molecule has 1 aliphatic rings. The standard InChI is InChI=1S/C26H35N3O4S/c1-19(2)8-9-22-10-11-26-24(13-22)33-25(17-28(5)16-23-7-6-12-27-14-23)20(3)15-29(21(4)18-30)34(26,31)32/h6-7,10-14,19-21,25,30H,15-18H2,1-5H3/t20-,21+,25+/m0/s1. The minimum Gasteiger partial charge on any atom is -0.487 e. The van der Waals surface area contributed by atoms with E-state index in [1.54, 1.807) is 31.3 Å². The normalized spacial score (nSPS) is 21.1. The number of aliphatic hydroxyl groups is 1. The first-order valence-corrected chi connectivity index (χ1v) is 13.1. The first-order valence-electron chi connectivity index (χ1n) is 11.6. The summed E-state index contributed by atoms with van der Waals surface area (Å²) in [4.78, 5) is 6.44. The van der Waals surface area contributed by atoms with Crippen LogP contribution in [0.25, 0.3) is 0 Å². The van der Waals surface area contributed by atoms with Crippen LogP contribution in [0, 0.1) is 23.7 Å². The van der Waals surface area contributed by atoms with Crippen molar-refractivity contribution in [3.05, 3.63) is 53.9 Å². The third-order valence-corrected chi connectivity index (χ3v) is 7.86. The lowest BCUT2D eigenvalue weighted by Gasteiger charge is -2.37. The van der Waals surface area contributed by atoms with Crippen LogP contribution in [0.5, 0.6) is 5.75 Å². The van der Waals surface area contributed by atoms with E-state index < -0.39 is 16.1 Å². The van der Waals surface area contributed by atoms with Gasteiger partial charge in [0, 0.05) is 55.5 Å². The molecule has 1 aromatic carbocycles. The average molecular weight is 486 g/mol. The van der Waals surface area contributed by atoms with Gasteiger partial charge in [0.15, 0.2) is 0 Å². The fraction of sp³-hybridized carbons (Fsp3) is 0.500. The Bertz CT molecular complexity index is 1130. The lowest BCUT2D eigenvalue weighted by atomic mass is 10.0. The Balaban J connectivity index is 1.99. The van der Waals surface area contributed by atoms with E-state index in [9.17, 15) is 13.5 Å². The molecule has 3 atom stereocenters. The first-order chi connectivity index (χ1) is 16.1. The number of ether oxygens (including phenoxy) is 1. The molecule has 0 saturated carbocycles. The van der Waals surface area contributed by atoms with Crippen LogP contribution >= 0.6 is 0 Å². The Morgan fingerprint density at radius 2 is 2.06 bits per heavy atom. The zero-order chi connectivity index (χ0) is 24.9. The van der Waals surface area contributed by atoms with Crippen molar-refractivity contribution >= 4 is 10.0 Å². The number of aliphatic hydroxyl groups excluding tert-OH is 1. The van der Waals surface area contributed by atoms with Crippen LogP contribution in [0.15, 0.2) is 47.6 Å². The predicted molar refractivity (Wildman–Crippen MR) is 133 cm³/mol. The third kappa shape index (κ3) is 6.36. The summed E-state index contributed by atoms with van der Waals surface area (Å²) in [5, 5.41) is 9.79. The van der Waals surface area contributed by atoms with Crippen LogP contribution < -0.4 is 4.74 Å². The summed E-state index contributed by atoms with van der Waals surface area (Å²) < 4.78 is 34.9. The lowest BCUT2D eigenvalue weighted by Crippen LogP contribution is -2.49. The molecule has 0 amide bonds. The molecule has 2 aromatic rings. The average Bonchev–Trinajstić information content (AvgIpc) is 2.80. The highest BCUT2D eigenvalue weighted by molar-refractivity contribution is 7.89. The molecule has 0 bridgehead atoms. The molecule has 0 aliphatic carbocycles. The summed E-state index contributed by atoms with van der Waals surface area (Å²) in [6.07, 6.45) is 3.32. The molecule has 0 spiro atoms. The molecule has 0 radical (unpaired) electrons. The number of nitrogens with zero attached hydrogens (tertiary/aromatic N) is 3. The van der Waals surface area contributed by atoms with Crippen LogP contribution in [0.1, 0.15) is 38.8 Å². The minimum atomic E-state index is -3.86.